The van der Waals surface area contributed by atoms with Crippen molar-refractivity contribution in [1.82, 2.24) is 5.43 Å². The number of hydrogen-bond donors (Lipinski definition) is 3. The van der Waals surface area contributed by atoms with E-state index in [-0.39, 0.29) is 11.3 Å². The molecule has 0 amide bonds. The van der Waals surface area contributed by atoms with Crippen LogP contribution in [0.4, 0.5) is 5.69 Å². The lowest BCUT2D eigenvalue weighted by molar-refractivity contribution is 0.0697. The van der Waals surface area contributed by atoms with Gasteiger partial charge in [-0.05, 0) is 60.2 Å². The summed E-state index contributed by atoms with van der Waals surface area (Å²) in [6.07, 6.45) is 2.04. The SMILES string of the molecule is O=C(O)c1ccc(N2CC=C(c3ccc(O)cc3)N2)cc1. The van der Waals surface area contributed by atoms with Crippen LogP contribution in [0.2, 0.25) is 0 Å². The minimum absolute atomic E-state index is 0.235. The van der Waals surface area contributed by atoms with Crippen molar-refractivity contribution in [3.63, 3.8) is 0 Å². The van der Waals surface area contributed by atoms with Crippen molar-refractivity contribution in [3.8, 4) is 5.75 Å². The van der Waals surface area contributed by atoms with E-state index < -0.39 is 5.97 Å². The van der Waals surface area contributed by atoms with Crippen molar-refractivity contribution >= 4 is 17.4 Å². The average molecular weight is 282 g/mol. The second kappa shape index (κ2) is 5.20. The molecule has 0 saturated carbocycles. The molecule has 1 aliphatic rings. The first-order valence-corrected chi connectivity index (χ1v) is 6.50. The van der Waals surface area contributed by atoms with Gasteiger partial charge in [-0.2, -0.15) is 0 Å². The number of hydrazine groups is 1. The highest BCUT2D eigenvalue weighted by Crippen LogP contribution is 2.23. The van der Waals surface area contributed by atoms with Gasteiger partial charge >= 0.3 is 5.97 Å². The van der Waals surface area contributed by atoms with Gasteiger partial charge in [-0.15, -0.1) is 0 Å². The van der Waals surface area contributed by atoms with Gasteiger partial charge in [0.25, 0.3) is 0 Å². The Hall–Kier alpha value is -2.95. The van der Waals surface area contributed by atoms with Crippen LogP contribution < -0.4 is 10.4 Å². The largest absolute Gasteiger partial charge is 0.508 e. The number of rotatable bonds is 3. The zero-order chi connectivity index (χ0) is 14.8. The van der Waals surface area contributed by atoms with Gasteiger partial charge in [-0.1, -0.05) is 0 Å². The third-order valence-corrected chi connectivity index (χ3v) is 3.34. The normalized spacial score (nSPS) is 13.7. The van der Waals surface area contributed by atoms with Crippen LogP contribution in [0.5, 0.6) is 5.75 Å². The minimum Gasteiger partial charge on any atom is -0.508 e. The fourth-order valence-electron chi connectivity index (χ4n) is 2.20. The predicted molar refractivity (Wildman–Crippen MR) is 80.0 cm³/mol. The van der Waals surface area contributed by atoms with Crippen LogP contribution in [0, 0.1) is 0 Å². The molecule has 0 fully saturated rings. The second-order valence-electron chi connectivity index (χ2n) is 4.74. The van der Waals surface area contributed by atoms with Crippen LogP contribution >= 0.6 is 0 Å². The van der Waals surface area contributed by atoms with Gasteiger partial charge in [0.2, 0.25) is 0 Å². The highest BCUT2D eigenvalue weighted by atomic mass is 16.4. The molecule has 5 heteroatoms. The molecule has 3 rings (SSSR count). The first kappa shape index (κ1) is 13.1. The summed E-state index contributed by atoms with van der Waals surface area (Å²) in [4.78, 5) is 10.8. The minimum atomic E-state index is -0.932. The van der Waals surface area contributed by atoms with E-state index in [1.165, 1.54) is 0 Å². The molecule has 21 heavy (non-hydrogen) atoms. The van der Waals surface area contributed by atoms with E-state index in [0.29, 0.717) is 6.54 Å². The van der Waals surface area contributed by atoms with Crippen LogP contribution in [0.1, 0.15) is 15.9 Å². The van der Waals surface area contributed by atoms with E-state index in [1.807, 2.05) is 23.2 Å². The fourth-order valence-corrected chi connectivity index (χ4v) is 2.20. The Kier molecular flexibility index (Phi) is 3.23. The van der Waals surface area contributed by atoms with Crippen LogP contribution in [0.3, 0.4) is 0 Å². The standard InChI is InChI=1S/C16H14N2O3/c19-14-7-3-11(4-8-14)15-9-10-18(17-15)13-5-1-12(2-6-13)16(20)21/h1-9,17,19H,10H2,(H,20,21). The lowest BCUT2D eigenvalue weighted by Gasteiger charge is -2.20. The van der Waals surface area contributed by atoms with Gasteiger partial charge in [-0.25, -0.2) is 4.79 Å². The van der Waals surface area contributed by atoms with E-state index in [9.17, 15) is 9.90 Å². The molecule has 2 aromatic carbocycles. The lowest BCUT2D eigenvalue weighted by Crippen LogP contribution is -2.31. The van der Waals surface area contributed by atoms with Gasteiger partial charge in [0, 0.05) is 0 Å². The molecule has 106 valence electrons. The molecular formula is C16H14N2O3. The third kappa shape index (κ3) is 2.67. The van der Waals surface area contributed by atoms with E-state index >= 15 is 0 Å². The van der Waals surface area contributed by atoms with Gasteiger partial charge in [0.15, 0.2) is 0 Å². The number of nitrogens with one attached hydrogen (secondary N) is 1. The Balaban J connectivity index is 1.73. The van der Waals surface area contributed by atoms with E-state index in [0.717, 1.165) is 16.9 Å². The van der Waals surface area contributed by atoms with Crippen molar-refractivity contribution < 1.29 is 15.0 Å². The molecule has 0 radical (unpaired) electrons. The number of carboxylic acid groups (broad SMARTS) is 1. The summed E-state index contributed by atoms with van der Waals surface area (Å²) in [6, 6.07) is 13.7. The summed E-state index contributed by atoms with van der Waals surface area (Å²) >= 11 is 0. The predicted octanol–water partition coefficient (Wildman–Crippen LogP) is 2.46. The van der Waals surface area contributed by atoms with Crippen LogP contribution in [0.15, 0.2) is 54.6 Å². The van der Waals surface area contributed by atoms with E-state index in [2.05, 4.69) is 5.43 Å². The van der Waals surface area contributed by atoms with Crippen molar-refractivity contribution in [3.05, 3.63) is 65.7 Å². The summed E-state index contributed by atoms with van der Waals surface area (Å²) in [6.45, 7) is 0.683. The Bertz CT molecular complexity index is 690. The molecule has 0 atom stereocenters. The third-order valence-electron chi connectivity index (χ3n) is 3.34. The Morgan fingerprint density at radius 1 is 1.05 bits per heavy atom. The van der Waals surface area contributed by atoms with Crippen molar-refractivity contribution in [1.29, 1.82) is 0 Å². The molecular weight excluding hydrogens is 268 g/mol. The van der Waals surface area contributed by atoms with E-state index in [4.69, 9.17) is 5.11 Å². The maximum Gasteiger partial charge on any atom is 0.335 e. The molecule has 2 aromatic rings. The monoisotopic (exact) mass is 282 g/mol. The van der Waals surface area contributed by atoms with Gasteiger partial charge < -0.3 is 10.2 Å². The number of carbonyl (C=O) groups is 1. The molecule has 0 saturated heterocycles. The molecule has 1 aliphatic heterocycles. The quantitative estimate of drug-likeness (QED) is 0.806. The Morgan fingerprint density at radius 3 is 2.33 bits per heavy atom. The number of benzene rings is 2. The Labute approximate surface area is 121 Å². The zero-order valence-corrected chi connectivity index (χ0v) is 11.2. The number of phenolic OH excluding ortho intramolecular Hbond substituents is 1. The van der Waals surface area contributed by atoms with Crippen molar-refractivity contribution in [2.45, 2.75) is 0 Å². The van der Waals surface area contributed by atoms with Crippen molar-refractivity contribution in [2.75, 3.05) is 11.6 Å². The van der Waals surface area contributed by atoms with Gasteiger partial charge in [-0.3, -0.25) is 10.4 Å². The van der Waals surface area contributed by atoms with E-state index in [1.54, 1.807) is 36.4 Å². The highest BCUT2D eigenvalue weighted by Gasteiger charge is 2.15. The van der Waals surface area contributed by atoms with Crippen molar-refractivity contribution in [2.24, 2.45) is 0 Å². The first-order valence-electron chi connectivity index (χ1n) is 6.50. The van der Waals surface area contributed by atoms with Gasteiger partial charge in [0.05, 0.1) is 23.5 Å². The zero-order valence-electron chi connectivity index (χ0n) is 11.2. The molecule has 1 heterocycles. The number of hydrogen-bond acceptors (Lipinski definition) is 4. The topological polar surface area (TPSA) is 72.8 Å². The fraction of sp³-hybridized carbons (Fsp3) is 0.0625. The maximum absolute atomic E-state index is 10.8. The van der Waals surface area contributed by atoms with Crippen LogP contribution in [-0.4, -0.2) is 22.7 Å². The second-order valence-corrected chi connectivity index (χ2v) is 4.74. The molecule has 3 N–H and O–H groups in total. The molecule has 0 bridgehead atoms. The first-order chi connectivity index (χ1) is 10.1. The summed E-state index contributed by atoms with van der Waals surface area (Å²) in [5, 5.41) is 20.1. The van der Waals surface area contributed by atoms with Gasteiger partial charge in [0.1, 0.15) is 5.75 Å². The smallest absolute Gasteiger partial charge is 0.335 e. The summed E-state index contributed by atoms with van der Waals surface area (Å²) in [7, 11) is 0. The maximum atomic E-state index is 10.8. The number of aromatic carboxylic acids is 1. The Morgan fingerprint density at radius 2 is 1.71 bits per heavy atom. The molecule has 5 nitrogen and oxygen atoms in total. The summed E-state index contributed by atoms with van der Waals surface area (Å²) in [5.74, 6) is -0.697. The number of aromatic hydroxyl groups is 1. The number of anilines is 1. The van der Waals surface area contributed by atoms with Crippen LogP contribution in [-0.2, 0) is 0 Å². The number of nitrogens with zero attached hydrogens (tertiary/aromatic N) is 1. The molecule has 0 aromatic heterocycles. The average Bonchev–Trinajstić information content (AvgIpc) is 2.98. The molecule has 0 aliphatic carbocycles. The number of phenols is 1. The van der Waals surface area contributed by atoms with Crippen LogP contribution in [0.25, 0.3) is 5.70 Å². The number of carboxylic acids is 1. The molecule has 0 spiro atoms. The highest BCUT2D eigenvalue weighted by molar-refractivity contribution is 5.88. The summed E-state index contributed by atoms with van der Waals surface area (Å²) < 4.78 is 0. The summed E-state index contributed by atoms with van der Waals surface area (Å²) in [5.41, 5.74) is 6.36. The lowest BCUT2D eigenvalue weighted by atomic mass is 10.1. The molecule has 0 unspecified atom stereocenters.